The summed E-state index contributed by atoms with van der Waals surface area (Å²) in [5.41, 5.74) is 4.43. The van der Waals surface area contributed by atoms with E-state index in [1.54, 1.807) is 5.48 Å². The summed E-state index contributed by atoms with van der Waals surface area (Å²) in [6.45, 7) is 5.57. The highest BCUT2D eigenvalue weighted by Gasteiger charge is 2.25. The number of hydroxylamine groups is 1. The zero-order valence-corrected chi connectivity index (χ0v) is 17.9. The van der Waals surface area contributed by atoms with E-state index in [1.165, 1.54) is 24.0 Å². The van der Waals surface area contributed by atoms with Gasteiger partial charge in [-0.05, 0) is 30.5 Å². The molecule has 0 aliphatic carbocycles. The molecule has 0 bridgehead atoms. The number of hydrogen-bond donors (Lipinski definition) is 2. The van der Waals surface area contributed by atoms with Crippen molar-refractivity contribution in [2.45, 2.75) is 44.6 Å². The van der Waals surface area contributed by atoms with Crippen LogP contribution in [0.2, 0.25) is 0 Å². The molecule has 0 radical (unpaired) electrons. The van der Waals surface area contributed by atoms with Crippen molar-refractivity contribution >= 4 is 5.91 Å². The largest absolute Gasteiger partial charge is 0.301 e. The van der Waals surface area contributed by atoms with Gasteiger partial charge >= 0.3 is 0 Å². The summed E-state index contributed by atoms with van der Waals surface area (Å²) in [5, 5.41) is 8.49. The van der Waals surface area contributed by atoms with Crippen LogP contribution in [0.15, 0.2) is 60.7 Å². The number of hydrogen-bond acceptors (Lipinski definition) is 4. The van der Waals surface area contributed by atoms with Crippen LogP contribution in [0.5, 0.6) is 0 Å². The Balaban J connectivity index is 1.42. The van der Waals surface area contributed by atoms with E-state index in [1.807, 2.05) is 0 Å². The standard InChI is InChI=1S/C25H35N3O2/c29-24(26-30)16-10-2-1-3-11-17-27-18-20-28(21-19-27)25(22-12-6-4-7-13-22)23-14-8-5-9-15-23/h4-9,12-15,25,30H,1-3,10-11,16-21H2,(H,26,29). The summed E-state index contributed by atoms with van der Waals surface area (Å²) >= 11 is 0. The second-order valence-electron chi connectivity index (χ2n) is 8.15. The van der Waals surface area contributed by atoms with Gasteiger partial charge in [0.25, 0.3) is 0 Å². The van der Waals surface area contributed by atoms with Crippen LogP contribution in [-0.4, -0.2) is 53.6 Å². The van der Waals surface area contributed by atoms with Gasteiger partial charge in [-0.3, -0.25) is 14.9 Å². The maximum atomic E-state index is 11.0. The van der Waals surface area contributed by atoms with Crippen LogP contribution >= 0.6 is 0 Å². The van der Waals surface area contributed by atoms with Crippen molar-refractivity contribution in [3.8, 4) is 0 Å². The number of carbonyl (C=O) groups is 1. The quantitative estimate of drug-likeness (QED) is 0.331. The Morgan fingerprint density at radius 1 is 0.800 bits per heavy atom. The molecule has 0 atom stereocenters. The lowest BCUT2D eigenvalue weighted by atomic mass is 9.96. The van der Waals surface area contributed by atoms with Crippen LogP contribution in [0.4, 0.5) is 0 Å². The minimum absolute atomic E-state index is 0.280. The van der Waals surface area contributed by atoms with Crippen LogP contribution in [0.25, 0.3) is 0 Å². The van der Waals surface area contributed by atoms with Gasteiger partial charge in [-0.15, -0.1) is 0 Å². The number of piperazine rings is 1. The molecule has 1 aliphatic rings. The van der Waals surface area contributed by atoms with E-state index in [-0.39, 0.29) is 5.91 Å². The number of nitrogens with one attached hydrogen (secondary N) is 1. The zero-order valence-electron chi connectivity index (χ0n) is 17.9. The summed E-state index contributed by atoms with van der Waals surface area (Å²) < 4.78 is 0. The molecule has 0 aromatic heterocycles. The maximum absolute atomic E-state index is 11.0. The van der Waals surface area contributed by atoms with Gasteiger partial charge in [0.2, 0.25) is 5.91 Å². The topological polar surface area (TPSA) is 55.8 Å². The number of unbranched alkanes of at least 4 members (excludes halogenated alkanes) is 4. The smallest absolute Gasteiger partial charge is 0.243 e. The molecule has 1 fully saturated rings. The molecule has 1 amide bonds. The Morgan fingerprint density at radius 3 is 1.90 bits per heavy atom. The fraction of sp³-hybridized carbons (Fsp3) is 0.480. The van der Waals surface area contributed by atoms with E-state index in [4.69, 9.17) is 5.21 Å². The molecule has 5 nitrogen and oxygen atoms in total. The van der Waals surface area contributed by atoms with Crippen molar-refractivity contribution in [1.82, 2.24) is 15.3 Å². The number of rotatable bonds is 11. The molecule has 3 rings (SSSR count). The van der Waals surface area contributed by atoms with E-state index < -0.39 is 0 Å². The third-order valence-electron chi connectivity index (χ3n) is 6.01. The molecule has 0 saturated carbocycles. The fourth-order valence-corrected chi connectivity index (χ4v) is 4.34. The average Bonchev–Trinajstić information content (AvgIpc) is 2.81. The molecule has 0 spiro atoms. The Bertz CT molecular complexity index is 691. The summed E-state index contributed by atoms with van der Waals surface area (Å²) in [6.07, 6.45) is 5.90. The lowest BCUT2D eigenvalue weighted by molar-refractivity contribution is -0.129. The first-order valence-corrected chi connectivity index (χ1v) is 11.3. The summed E-state index contributed by atoms with van der Waals surface area (Å²) in [5.74, 6) is -0.280. The van der Waals surface area contributed by atoms with Crippen molar-refractivity contribution in [2.24, 2.45) is 0 Å². The molecule has 162 valence electrons. The van der Waals surface area contributed by atoms with Crippen LogP contribution in [0.3, 0.4) is 0 Å². The van der Waals surface area contributed by atoms with E-state index in [0.29, 0.717) is 12.5 Å². The average molecular weight is 410 g/mol. The van der Waals surface area contributed by atoms with Gasteiger partial charge in [0, 0.05) is 32.6 Å². The monoisotopic (exact) mass is 409 g/mol. The van der Waals surface area contributed by atoms with Crippen molar-refractivity contribution in [3.63, 3.8) is 0 Å². The second kappa shape index (κ2) is 12.5. The Morgan fingerprint density at radius 2 is 1.33 bits per heavy atom. The Labute approximate surface area is 180 Å². The van der Waals surface area contributed by atoms with Crippen LogP contribution in [-0.2, 0) is 4.79 Å². The predicted octanol–water partition coefficient (Wildman–Crippen LogP) is 4.24. The molecule has 5 heteroatoms. The van der Waals surface area contributed by atoms with Gasteiger partial charge in [0.05, 0.1) is 6.04 Å². The van der Waals surface area contributed by atoms with E-state index in [0.717, 1.165) is 52.0 Å². The molecule has 2 N–H and O–H groups in total. The first-order chi connectivity index (χ1) is 14.8. The molecular formula is C25H35N3O2. The highest BCUT2D eigenvalue weighted by molar-refractivity contribution is 5.74. The first kappa shape index (κ1) is 22.5. The molecule has 0 unspecified atom stereocenters. The molecular weight excluding hydrogens is 374 g/mol. The Kier molecular flexibility index (Phi) is 9.35. The lowest BCUT2D eigenvalue weighted by Crippen LogP contribution is -2.48. The highest BCUT2D eigenvalue weighted by Crippen LogP contribution is 2.29. The number of amides is 1. The van der Waals surface area contributed by atoms with E-state index in [2.05, 4.69) is 70.5 Å². The molecule has 30 heavy (non-hydrogen) atoms. The van der Waals surface area contributed by atoms with Crippen molar-refractivity contribution in [1.29, 1.82) is 0 Å². The SMILES string of the molecule is O=C(CCCCCCCN1CCN(C(c2ccccc2)c2ccccc2)CC1)NO. The molecule has 2 aromatic carbocycles. The van der Waals surface area contributed by atoms with Crippen molar-refractivity contribution in [2.75, 3.05) is 32.7 Å². The molecule has 1 saturated heterocycles. The van der Waals surface area contributed by atoms with E-state index >= 15 is 0 Å². The van der Waals surface area contributed by atoms with Gasteiger partial charge in [0.15, 0.2) is 0 Å². The number of nitrogens with zero attached hydrogens (tertiary/aromatic N) is 2. The van der Waals surface area contributed by atoms with Crippen LogP contribution < -0.4 is 5.48 Å². The molecule has 1 heterocycles. The maximum Gasteiger partial charge on any atom is 0.243 e. The predicted molar refractivity (Wildman–Crippen MR) is 120 cm³/mol. The lowest BCUT2D eigenvalue weighted by Gasteiger charge is -2.39. The summed E-state index contributed by atoms with van der Waals surface area (Å²) in [6, 6.07) is 22.0. The fourth-order valence-electron chi connectivity index (χ4n) is 4.34. The zero-order chi connectivity index (χ0) is 21.0. The van der Waals surface area contributed by atoms with Crippen molar-refractivity contribution < 1.29 is 10.0 Å². The highest BCUT2D eigenvalue weighted by atomic mass is 16.5. The summed E-state index contributed by atoms with van der Waals surface area (Å²) in [4.78, 5) is 16.2. The van der Waals surface area contributed by atoms with Gasteiger partial charge in [0.1, 0.15) is 0 Å². The minimum atomic E-state index is -0.280. The van der Waals surface area contributed by atoms with Gasteiger partial charge in [-0.25, -0.2) is 5.48 Å². The van der Waals surface area contributed by atoms with E-state index in [9.17, 15) is 4.79 Å². The van der Waals surface area contributed by atoms with Crippen LogP contribution in [0, 0.1) is 0 Å². The summed E-state index contributed by atoms with van der Waals surface area (Å²) in [7, 11) is 0. The minimum Gasteiger partial charge on any atom is -0.301 e. The third kappa shape index (κ3) is 6.94. The first-order valence-electron chi connectivity index (χ1n) is 11.3. The Hall–Kier alpha value is -2.21. The number of carbonyl (C=O) groups excluding carboxylic acids is 1. The number of benzene rings is 2. The molecule has 1 aliphatic heterocycles. The van der Waals surface area contributed by atoms with Gasteiger partial charge in [-0.1, -0.05) is 79.9 Å². The van der Waals surface area contributed by atoms with Crippen molar-refractivity contribution in [3.05, 3.63) is 71.8 Å². The normalized spacial score (nSPS) is 15.4. The van der Waals surface area contributed by atoms with Gasteiger partial charge < -0.3 is 4.90 Å². The molecule has 2 aromatic rings. The second-order valence-corrected chi connectivity index (χ2v) is 8.15. The van der Waals surface area contributed by atoms with Crippen LogP contribution in [0.1, 0.15) is 55.7 Å². The third-order valence-corrected chi connectivity index (χ3v) is 6.01. The van der Waals surface area contributed by atoms with Gasteiger partial charge in [-0.2, -0.15) is 0 Å².